The van der Waals surface area contributed by atoms with Crippen LogP contribution in [0.5, 0.6) is 0 Å². The Morgan fingerprint density at radius 2 is 2.21 bits per heavy atom. The minimum absolute atomic E-state index is 0.116. The number of ether oxygens (including phenoxy) is 2. The van der Waals surface area contributed by atoms with Crippen LogP contribution in [0.25, 0.3) is 0 Å². The molecule has 0 amide bonds. The normalized spacial score (nSPS) is 34.3. The van der Waals surface area contributed by atoms with Gasteiger partial charge in [-0.15, -0.1) is 0 Å². The Balaban J connectivity index is 2.72. The molecular formula is C11H23NO2. The second-order valence-corrected chi connectivity index (χ2v) is 4.51. The highest BCUT2D eigenvalue weighted by Gasteiger charge is 2.45. The molecule has 0 aromatic carbocycles. The highest BCUT2D eigenvalue weighted by atomic mass is 16.5. The van der Waals surface area contributed by atoms with Crippen molar-refractivity contribution in [1.82, 2.24) is 4.90 Å². The van der Waals surface area contributed by atoms with Gasteiger partial charge in [-0.25, -0.2) is 0 Å². The predicted molar refractivity (Wildman–Crippen MR) is 57.2 cm³/mol. The molecule has 84 valence electrons. The average Bonchev–Trinajstić information content (AvgIpc) is 2.43. The van der Waals surface area contributed by atoms with Crippen molar-refractivity contribution >= 4 is 0 Å². The van der Waals surface area contributed by atoms with Crippen LogP contribution in [0.3, 0.4) is 0 Å². The van der Waals surface area contributed by atoms with Gasteiger partial charge in [0.2, 0.25) is 0 Å². The summed E-state index contributed by atoms with van der Waals surface area (Å²) >= 11 is 0. The van der Waals surface area contributed by atoms with Gasteiger partial charge in [0.1, 0.15) is 5.72 Å². The molecule has 3 nitrogen and oxygen atoms in total. The molecule has 14 heavy (non-hydrogen) atoms. The van der Waals surface area contributed by atoms with Gasteiger partial charge in [-0.1, -0.05) is 13.8 Å². The monoisotopic (exact) mass is 201 g/mol. The standard InChI is InChI=1S/C11H23NO2/c1-9(2)11(6-7-13-5)12(4)10(3)8-14-11/h9-10H,6-8H2,1-5H3/t10-,11+/m1/s1. The van der Waals surface area contributed by atoms with E-state index in [4.69, 9.17) is 9.47 Å². The quantitative estimate of drug-likeness (QED) is 0.691. The van der Waals surface area contributed by atoms with Gasteiger partial charge in [-0.05, 0) is 19.9 Å². The van der Waals surface area contributed by atoms with Crippen molar-refractivity contribution < 1.29 is 9.47 Å². The number of likely N-dealkylation sites (N-methyl/N-ethyl adjacent to an activating group) is 1. The van der Waals surface area contributed by atoms with E-state index in [-0.39, 0.29) is 5.72 Å². The molecule has 0 bridgehead atoms. The van der Waals surface area contributed by atoms with Crippen LogP contribution in [-0.4, -0.2) is 44.0 Å². The van der Waals surface area contributed by atoms with Gasteiger partial charge in [-0.3, -0.25) is 4.90 Å². The second kappa shape index (κ2) is 4.60. The smallest absolute Gasteiger partial charge is 0.126 e. The maximum atomic E-state index is 5.97. The van der Waals surface area contributed by atoms with Crippen molar-refractivity contribution in [3.8, 4) is 0 Å². The largest absolute Gasteiger partial charge is 0.385 e. The Kier molecular flexibility index (Phi) is 3.93. The van der Waals surface area contributed by atoms with E-state index in [0.717, 1.165) is 19.6 Å². The highest BCUT2D eigenvalue weighted by molar-refractivity contribution is 4.91. The molecule has 0 aliphatic carbocycles. The fourth-order valence-corrected chi connectivity index (χ4v) is 2.21. The van der Waals surface area contributed by atoms with Crippen molar-refractivity contribution in [3.05, 3.63) is 0 Å². The van der Waals surface area contributed by atoms with Crippen LogP contribution in [0, 0.1) is 5.92 Å². The molecule has 3 heteroatoms. The maximum Gasteiger partial charge on any atom is 0.126 e. The minimum atomic E-state index is -0.116. The van der Waals surface area contributed by atoms with Crippen LogP contribution < -0.4 is 0 Å². The molecule has 1 saturated heterocycles. The number of rotatable bonds is 4. The fraction of sp³-hybridized carbons (Fsp3) is 1.00. The van der Waals surface area contributed by atoms with E-state index in [1.165, 1.54) is 0 Å². The third-order valence-electron chi connectivity index (χ3n) is 3.40. The molecule has 2 atom stereocenters. The Morgan fingerprint density at radius 1 is 1.57 bits per heavy atom. The van der Waals surface area contributed by atoms with Crippen molar-refractivity contribution in [2.75, 3.05) is 27.4 Å². The van der Waals surface area contributed by atoms with E-state index in [2.05, 4.69) is 32.7 Å². The first-order valence-electron chi connectivity index (χ1n) is 5.40. The van der Waals surface area contributed by atoms with Crippen molar-refractivity contribution in [2.24, 2.45) is 5.92 Å². The van der Waals surface area contributed by atoms with Crippen LogP contribution in [0.4, 0.5) is 0 Å². The van der Waals surface area contributed by atoms with Crippen LogP contribution in [-0.2, 0) is 9.47 Å². The molecule has 1 rings (SSSR count). The number of nitrogens with zero attached hydrogens (tertiary/aromatic N) is 1. The number of methoxy groups -OCH3 is 1. The Hall–Kier alpha value is -0.120. The highest BCUT2D eigenvalue weighted by Crippen LogP contribution is 2.35. The summed E-state index contributed by atoms with van der Waals surface area (Å²) in [6.45, 7) is 8.22. The molecule has 1 fully saturated rings. The zero-order valence-electron chi connectivity index (χ0n) is 10.0. The first kappa shape index (κ1) is 12.0. The lowest BCUT2D eigenvalue weighted by molar-refractivity contribution is -0.124. The molecule has 0 radical (unpaired) electrons. The Labute approximate surface area is 87.4 Å². The summed E-state index contributed by atoms with van der Waals surface area (Å²) in [5.74, 6) is 0.493. The molecule has 0 unspecified atom stereocenters. The first-order valence-corrected chi connectivity index (χ1v) is 5.40. The minimum Gasteiger partial charge on any atom is -0.385 e. The summed E-state index contributed by atoms with van der Waals surface area (Å²) in [7, 11) is 3.89. The fourth-order valence-electron chi connectivity index (χ4n) is 2.21. The van der Waals surface area contributed by atoms with E-state index in [9.17, 15) is 0 Å². The molecule has 0 aromatic heterocycles. The molecule has 0 saturated carbocycles. The van der Waals surface area contributed by atoms with Crippen LogP contribution in [0.15, 0.2) is 0 Å². The van der Waals surface area contributed by atoms with Crippen LogP contribution in [0.2, 0.25) is 0 Å². The lowest BCUT2D eigenvalue weighted by atomic mass is 9.95. The zero-order chi connectivity index (χ0) is 10.8. The molecule has 1 aliphatic heterocycles. The summed E-state index contributed by atoms with van der Waals surface area (Å²) < 4.78 is 11.1. The second-order valence-electron chi connectivity index (χ2n) is 4.51. The molecule has 0 N–H and O–H groups in total. The summed E-state index contributed by atoms with van der Waals surface area (Å²) in [4.78, 5) is 2.34. The molecular weight excluding hydrogens is 178 g/mol. The number of hydrogen-bond acceptors (Lipinski definition) is 3. The van der Waals surface area contributed by atoms with Gasteiger partial charge in [-0.2, -0.15) is 0 Å². The van der Waals surface area contributed by atoms with Gasteiger partial charge < -0.3 is 9.47 Å². The van der Waals surface area contributed by atoms with Crippen molar-refractivity contribution in [3.63, 3.8) is 0 Å². The predicted octanol–water partition coefficient (Wildman–Crippen LogP) is 1.73. The van der Waals surface area contributed by atoms with Crippen LogP contribution in [0.1, 0.15) is 27.2 Å². The first-order chi connectivity index (χ1) is 6.54. The molecule has 1 heterocycles. The number of hydrogen-bond donors (Lipinski definition) is 0. The third-order valence-corrected chi connectivity index (χ3v) is 3.40. The SMILES string of the molecule is COCC[C@@]1(C(C)C)OC[C@@H](C)N1C. The molecule has 0 spiro atoms. The van der Waals surface area contributed by atoms with E-state index in [1.807, 2.05) is 0 Å². The van der Waals surface area contributed by atoms with Gasteiger partial charge in [0.25, 0.3) is 0 Å². The summed E-state index contributed by atoms with van der Waals surface area (Å²) in [5, 5.41) is 0. The van der Waals surface area contributed by atoms with E-state index in [0.29, 0.717) is 12.0 Å². The summed E-state index contributed by atoms with van der Waals surface area (Å²) in [6.07, 6.45) is 0.946. The van der Waals surface area contributed by atoms with E-state index < -0.39 is 0 Å². The topological polar surface area (TPSA) is 21.7 Å². The van der Waals surface area contributed by atoms with Gasteiger partial charge in [0, 0.05) is 19.6 Å². The Morgan fingerprint density at radius 3 is 2.57 bits per heavy atom. The van der Waals surface area contributed by atoms with E-state index in [1.54, 1.807) is 7.11 Å². The molecule has 1 aliphatic rings. The summed E-state index contributed by atoms with van der Waals surface area (Å²) in [6, 6.07) is 0.509. The van der Waals surface area contributed by atoms with Gasteiger partial charge in [0.05, 0.1) is 13.2 Å². The van der Waals surface area contributed by atoms with Gasteiger partial charge >= 0.3 is 0 Å². The lowest BCUT2D eigenvalue weighted by Crippen LogP contribution is -2.49. The zero-order valence-corrected chi connectivity index (χ0v) is 10.0. The van der Waals surface area contributed by atoms with E-state index >= 15 is 0 Å². The maximum absolute atomic E-state index is 5.97. The average molecular weight is 201 g/mol. The molecule has 0 aromatic rings. The summed E-state index contributed by atoms with van der Waals surface area (Å²) in [5.41, 5.74) is -0.116. The Bertz CT molecular complexity index is 184. The van der Waals surface area contributed by atoms with Crippen molar-refractivity contribution in [1.29, 1.82) is 0 Å². The third kappa shape index (κ3) is 1.95. The van der Waals surface area contributed by atoms with Gasteiger partial charge in [0.15, 0.2) is 0 Å². The van der Waals surface area contributed by atoms with Crippen LogP contribution >= 0.6 is 0 Å². The lowest BCUT2D eigenvalue weighted by Gasteiger charge is -2.39. The van der Waals surface area contributed by atoms with Crippen molar-refractivity contribution in [2.45, 2.75) is 39.0 Å².